The highest BCUT2D eigenvalue weighted by atomic mass is 16.5. The average Bonchev–Trinajstić information content (AvgIpc) is 2.76. The molecule has 2 unspecified atom stereocenters. The van der Waals surface area contributed by atoms with E-state index in [0.29, 0.717) is 17.1 Å². The van der Waals surface area contributed by atoms with E-state index in [4.69, 9.17) is 14.2 Å². The Morgan fingerprint density at radius 1 is 1.00 bits per heavy atom. The van der Waals surface area contributed by atoms with E-state index in [1.165, 1.54) is 0 Å². The molecule has 0 amide bonds. The molecule has 0 aliphatic carbocycles. The Labute approximate surface area is 170 Å². The summed E-state index contributed by atoms with van der Waals surface area (Å²) in [4.78, 5) is 12.7. The second-order valence-electron chi connectivity index (χ2n) is 6.51. The van der Waals surface area contributed by atoms with Gasteiger partial charge in [0.1, 0.15) is 11.5 Å². The zero-order valence-corrected chi connectivity index (χ0v) is 16.7. The highest BCUT2D eigenvalue weighted by Gasteiger charge is 2.35. The first kappa shape index (κ1) is 20.2. The summed E-state index contributed by atoms with van der Waals surface area (Å²) in [5.41, 5.74) is 1.55. The molecule has 2 atom stereocenters. The summed E-state index contributed by atoms with van der Waals surface area (Å²) in [6, 6.07) is 21.3. The number of esters is 1. The van der Waals surface area contributed by atoms with Crippen molar-refractivity contribution in [2.45, 2.75) is 12.8 Å². The maximum absolute atomic E-state index is 12.7. The first-order valence-corrected chi connectivity index (χ1v) is 9.40. The maximum Gasteiger partial charge on any atom is 0.324 e. The molecule has 3 aromatic carbocycles. The fourth-order valence-electron chi connectivity index (χ4n) is 3.63. The molecule has 0 aromatic heterocycles. The SMILES string of the molecule is CCOC(=O)C(C#N)C(c1cc(OC)ccc1OC)c1cccc2ccccc12. The Hall–Kier alpha value is -3.52. The Morgan fingerprint density at radius 2 is 1.76 bits per heavy atom. The monoisotopic (exact) mass is 389 g/mol. The van der Waals surface area contributed by atoms with Crippen molar-refractivity contribution in [2.24, 2.45) is 5.92 Å². The number of rotatable bonds is 7. The standard InChI is InChI=1S/C24H23NO4/c1-4-29-24(26)21(15-25)23(20-14-17(27-2)12-13-22(20)28-3)19-11-7-9-16-8-5-6-10-18(16)19/h5-14,21,23H,4H2,1-3H3. The summed E-state index contributed by atoms with van der Waals surface area (Å²) in [6.45, 7) is 1.93. The van der Waals surface area contributed by atoms with Gasteiger partial charge in [-0.3, -0.25) is 4.79 Å². The van der Waals surface area contributed by atoms with Gasteiger partial charge in [0.25, 0.3) is 0 Å². The van der Waals surface area contributed by atoms with E-state index >= 15 is 0 Å². The molecule has 0 saturated heterocycles. The number of ether oxygens (including phenoxy) is 3. The number of fused-ring (bicyclic) bond motifs is 1. The Kier molecular flexibility index (Phi) is 6.36. The highest BCUT2D eigenvalue weighted by molar-refractivity contribution is 5.88. The van der Waals surface area contributed by atoms with Crippen molar-refractivity contribution in [3.8, 4) is 17.6 Å². The second kappa shape index (κ2) is 9.11. The van der Waals surface area contributed by atoms with Crippen LogP contribution in [0.15, 0.2) is 60.7 Å². The molecule has 0 aliphatic rings. The molecule has 5 heteroatoms. The summed E-state index contributed by atoms with van der Waals surface area (Å²) < 4.78 is 16.2. The quantitative estimate of drug-likeness (QED) is 0.548. The molecule has 0 bridgehead atoms. The lowest BCUT2D eigenvalue weighted by atomic mass is 9.79. The minimum Gasteiger partial charge on any atom is -0.497 e. The van der Waals surface area contributed by atoms with Gasteiger partial charge in [0.05, 0.1) is 26.9 Å². The summed E-state index contributed by atoms with van der Waals surface area (Å²) in [5, 5.41) is 11.9. The molecule has 0 fully saturated rings. The molecule has 5 nitrogen and oxygen atoms in total. The van der Waals surface area contributed by atoms with Crippen LogP contribution in [0.1, 0.15) is 24.0 Å². The Balaban J connectivity index is 2.31. The van der Waals surface area contributed by atoms with E-state index in [1.54, 1.807) is 33.3 Å². The van der Waals surface area contributed by atoms with Gasteiger partial charge in [0.2, 0.25) is 0 Å². The topological polar surface area (TPSA) is 68.6 Å². The third-order valence-corrected chi connectivity index (χ3v) is 4.94. The molecule has 3 aromatic rings. The first-order chi connectivity index (χ1) is 14.1. The van der Waals surface area contributed by atoms with Gasteiger partial charge in [0, 0.05) is 11.5 Å². The van der Waals surface area contributed by atoms with E-state index in [1.807, 2.05) is 48.5 Å². The molecule has 0 spiro atoms. The molecule has 0 aliphatic heterocycles. The van der Waals surface area contributed by atoms with Gasteiger partial charge in [-0.15, -0.1) is 0 Å². The lowest BCUT2D eigenvalue weighted by molar-refractivity contribution is -0.146. The Bertz CT molecular complexity index is 1050. The van der Waals surface area contributed by atoms with E-state index in [0.717, 1.165) is 16.3 Å². The largest absolute Gasteiger partial charge is 0.497 e. The average molecular weight is 389 g/mol. The third kappa shape index (κ3) is 4.02. The van der Waals surface area contributed by atoms with Crippen molar-refractivity contribution in [1.82, 2.24) is 0 Å². The van der Waals surface area contributed by atoms with E-state index in [9.17, 15) is 10.1 Å². The van der Waals surface area contributed by atoms with Crippen molar-refractivity contribution >= 4 is 16.7 Å². The van der Waals surface area contributed by atoms with Crippen molar-refractivity contribution < 1.29 is 19.0 Å². The van der Waals surface area contributed by atoms with Gasteiger partial charge >= 0.3 is 5.97 Å². The van der Waals surface area contributed by atoms with Gasteiger partial charge < -0.3 is 14.2 Å². The molecular formula is C24H23NO4. The number of benzene rings is 3. The van der Waals surface area contributed by atoms with Crippen LogP contribution in [-0.2, 0) is 9.53 Å². The predicted molar refractivity (Wildman–Crippen MR) is 111 cm³/mol. The van der Waals surface area contributed by atoms with Gasteiger partial charge in [-0.05, 0) is 41.5 Å². The zero-order chi connectivity index (χ0) is 20.8. The smallest absolute Gasteiger partial charge is 0.324 e. The lowest BCUT2D eigenvalue weighted by Crippen LogP contribution is -2.25. The number of hydrogen-bond donors (Lipinski definition) is 0. The van der Waals surface area contributed by atoms with Gasteiger partial charge in [-0.25, -0.2) is 0 Å². The van der Waals surface area contributed by atoms with Crippen molar-refractivity contribution in [3.05, 3.63) is 71.8 Å². The number of carbonyl (C=O) groups excluding carboxylic acids is 1. The second-order valence-corrected chi connectivity index (χ2v) is 6.51. The summed E-state index contributed by atoms with van der Waals surface area (Å²) in [6.07, 6.45) is 0. The van der Waals surface area contributed by atoms with Crippen LogP contribution in [0, 0.1) is 17.2 Å². The van der Waals surface area contributed by atoms with E-state index < -0.39 is 17.8 Å². The molecule has 29 heavy (non-hydrogen) atoms. The normalized spacial score (nSPS) is 12.6. The Morgan fingerprint density at radius 3 is 2.45 bits per heavy atom. The van der Waals surface area contributed by atoms with Gasteiger partial charge in [-0.2, -0.15) is 5.26 Å². The molecule has 3 rings (SSSR count). The number of nitriles is 1. The van der Waals surface area contributed by atoms with Crippen LogP contribution in [0.3, 0.4) is 0 Å². The molecule has 0 radical (unpaired) electrons. The summed E-state index contributed by atoms with van der Waals surface area (Å²) in [7, 11) is 3.14. The van der Waals surface area contributed by atoms with Crippen LogP contribution in [0.4, 0.5) is 0 Å². The van der Waals surface area contributed by atoms with Crippen LogP contribution in [0.2, 0.25) is 0 Å². The van der Waals surface area contributed by atoms with Crippen molar-refractivity contribution in [1.29, 1.82) is 5.26 Å². The molecular weight excluding hydrogens is 366 g/mol. The van der Waals surface area contributed by atoms with E-state index in [-0.39, 0.29) is 6.61 Å². The van der Waals surface area contributed by atoms with Gasteiger partial charge in [-0.1, -0.05) is 42.5 Å². The van der Waals surface area contributed by atoms with Crippen LogP contribution in [0.5, 0.6) is 11.5 Å². The lowest BCUT2D eigenvalue weighted by Gasteiger charge is -2.25. The molecule has 0 saturated carbocycles. The zero-order valence-electron chi connectivity index (χ0n) is 16.7. The number of nitrogens with zero attached hydrogens (tertiary/aromatic N) is 1. The highest BCUT2D eigenvalue weighted by Crippen LogP contribution is 2.42. The number of carbonyl (C=O) groups is 1. The summed E-state index contributed by atoms with van der Waals surface area (Å²) >= 11 is 0. The minimum absolute atomic E-state index is 0.203. The van der Waals surface area contributed by atoms with Crippen LogP contribution >= 0.6 is 0 Å². The molecule has 148 valence electrons. The third-order valence-electron chi connectivity index (χ3n) is 4.94. The molecule has 0 heterocycles. The fraction of sp³-hybridized carbons (Fsp3) is 0.250. The fourth-order valence-corrected chi connectivity index (χ4v) is 3.63. The minimum atomic E-state index is -1.04. The van der Waals surface area contributed by atoms with E-state index in [2.05, 4.69) is 6.07 Å². The van der Waals surface area contributed by atoms with Crippen LogP contribution in [0.25, 0.3) is 10.8 Å². The summed E-state index contributed by atoms with van der Waals surface area (Å²) in [5.74, 6) is -0.991. The molecule has 0 N–H and O–H groups in total. The predicted octanol–water partition coefficient (Wildman–Crippen LogP) is 4.69. The van der Waals surface area contributed by atoms with Crippen LogP contribution < -0.4 is 9.47 Å². The van der Waals surface area contributed by atoms with Crippen LogP contribution in [-0.4, -0.2) is 26.8 Å². The van der Waals surface area contributed by atoms with Crippen molar-refractivity contribution in [3.63, 3.8) is 0 Å². The number of methoxy groups -OCH3 is 2. The van der Waals surface area contributed by atoms with Crippen molar-refractivity contribution in [2.75, 3.05) is 20.8 Å². The first-order valence-electron chi connectivity index (χ1n) is 9.40. The van der Waals surface area contributed by atoms with Gasteiger partial charge in [0.15, 0.2) is 5.92 Å². The maximum atomic E-state index is 12.7. The number of hydrogen-bond acceptors (Lipinski definition) is 5.